The first kappa shape index (κ1) is 10.9. The third-order valence-corrected chi connectivity index (χ3v) is 2.15. The molecule has 0 spiro atoms. The number of hydrogen-bond acceptors (Lipinski definition) is 3. The first-order valence-electron chi connectivity index (χ1n) is 3.15. The van der Waals surface area contributed by atoms with Crippen LogP contribution in [-0.2, 0) is 10.1 Å². The quantitative estimate of drug-likeness (QED) is 0.508. The van der Waals surface area contributed by atoms with Crippen LogP contribution in [0.25, 0.3) is 0 Å². The number of hydrogen-bond donors (Lipinski definition) is 2. The summed E-state index contributed by atoms with van der Waals surface area (Å²) in [6.07, 6.45) is 3.85. The Labute approximate surface area is 71.8 Å². The van der Waals surface area contributed by atoms with Crippen molar-refractivity contribution < 1.29 is 13.0 Å². The van der Waals surface area contributed by atoms with Crippen molar-refractivity contribution in [2.24, 2.45) is 5.73 Å². The second-order valence-electron chi connectivity index (χ2n) is 1.99. The zero-order valence-electron chi connectivity index (χ0n) is 6.69. The summed E-state index contributed by atoms with van der Waals surface area (Å²) in [6, 6.07) is 0. The van der Waals surface area contributed by atoms with Crippen LogP contribution in [0, 0.1) is 0 Å². The molecule has 68 valence electrons. The van der Waals surface area contributed by atoms with Crippen molar-refractivity contribution in [2.75, 3.05) is 0 Å². The van der Waals surface area contributed by atoms with Gasteiger partial charge in [0.15, 0.2) is 0 Å². The molecule has 0 fully saturated rings. The molecule has 0 rings (SSSR count). The Bertz CT molecular complexity index is 325. The Hall–Kier alpha value is -1.07. The molecule has 0 aliphatic heterocycles. The van der Waals surface area contributed by atoms with Crippen molar-refractivity contribution in [1.82, 2.24) is 0 Å². The van der Waals surface area contributed by atoms with Gasteiger partial charge in [-0.2, -0.15) is 8.42 Å². The fourth-order valence-corrected chi connectivity index (χ4v) is 1.34. The van der Waals surface area contributed by atoms with Gasteiger partial charge in [0, 0.05) is 0 Å². The minimum atomic E-state index is -4.22. The van der Waals surface area contributed by atoms with Gasteiger partial charge in [-0.1, -0.05) is 18.7 Å². The van der Waals surface area contributed by atoms with Crippen LogP contribution in [0.2, 0.25) is 0 Å². The summed E-state index contributed by atoms with van der Waals surface area (Å²) in [5.41, 5.74) is 5.28. The van der Waals surface area contributed by atoms with Crippen LogP contribution in [0.4, 0.5) is 0 Å². The molecule has 0 bridgehead atoms. The Morgan fingerprint density at radius 3 is 2.33 bits per heavy atom. The minimum Gasteiger partial charge on any atom is -0.398 e. The van der Waals surface area contributed by atoms with Crippen molar-refractivity contribution >= 4 is 10.1 Å². The van der Waals surface area contributed by atoms with Crippen molar-refractivity contribution in [3.05, 3.63) is 35.4 Å². The van der Waals surface area contributed by atoms with Gasteiger partial charge in [-0.05, 0) is 13.0 Å². The van der Waals surface area contributed by atoms with E-state index < -0.39 is 10.1 Å². The van der Waals surface area contributed by atoms with E-state index in [1.54, 1.807) is 0 Å². The van der Waals surface area contributed by atoms with Gasteiger partial charge in [0.25, 0.3) is 10.1 Å². The van der Waals surface area contributed by atoms with Crippen LogP contribution in [0.1, 0.15) is 6.92 Å². The first-order chi connectivity index (χ1) is 5.43. The molecule has 5 heteroatoms. The average Bonchev–Trinajstić information content (AvgIpc) is 1.85. The highest BCUT2D eigenvalue weighted by Crippen LogP contribution is 2.10. The molecule has 0 atom stereocenters. The van der Waals surface area contributed by atoms with Crippen LogP contribution in [0.5, 0.6) is 0 Å². The largest absolute Gasteiger partial charge is 0.398 e. The summed E-state index contributed by atoms with van der Waals surface area (Å²) in [5.74, 6) is 0. The molecule has 4 nitrogen and oxygen atoms in total. The summed E-state index contributed by atoms with van der Waals surface area (Å²) < 4.78 is 29.8. The van der Waals surface area contributed by atoms with Crippen LogP contribution in [0.15, 0.2) is 35.4 Å². The van der Waals surface area contributed by atoms with E-state index in [-0.39, 0.29) is 10.6 Å². The highest BCUT2D eigenvalue weighted by molar-refractivity contribution is 7.90. The van der Waals surface area contributed by atoms with Gasteiger partial charge < -0.3 is 5.73 Å². The second-order valence-corrected chi connectivity index (χ2v) is 3.38. The van der Waals surface area contributed by atoms with E-state index in [0.29, 0.717) is 0 Å². The summed E-state index contributed by atoms with van der Waals surface area (Å²) in [6.45, 7) is 4.80. The van der Waals surface area contributed by atoms with Gasteiger partial charge in [-0.15, -0.1) is 0 Å². The maximum Gasteiger partial charge on any atom is 0.296 e. The van der Waals surface area contributed by atoms with Gasteiger partial charge in [-0.3, -0.25) is 4.55 Å². The Kier molecular flexibility index (Phi) is 3.72. The fraction of sp³-hybridized carbons (Fsp3) is 0.143. The molecule has 0 aromatic rings. The maximum atomic E-state index is 10.6. The van der Waals surface area contributed by atoms with Gasteiger partial charge in [-0.25, -0.2) is 0 Å². The zero-order valence-corrected chi connectivity index (χ0v) is 7.50. The van der Waals surface area contributed by atoms with Crippen molar-refractivity contribution in [3.63, 3.8) is 0 Å². The molecule has 0 aliphatic carbocycles. The molecule has 0 saturated heterocycles. The van der Waals surface area contributed by atoms with E-state index in [1.807, 2.05) is 0 Å². The van der Waals surface area contributed by atoms with E-state index >= 15 is 0 Å². The van der Waals surface area contributed by atoms with E-state index in [0.717, 1.165) is 0 Å². The normalized spacial score (nSPS) is 14.5. The Morgan fingerprint density at radius 2 is 2.08 bits per heavy atom. The summed E-state index contributed by atoms with van der Waals surface area (Å²) in [7, 11) is -4.22. The van der Waals surface area contributed by atoms with Gasteiger partial charge >= 0.3 is 0 Å². The maximum absolute atomic E-state index is 10.6. The molecule has 0 amide bonds. The van der Waals surface area contributed by atoms with E-state index in [2.05, 4.69) is 6.58 Å². The minimum absolute atomic E-state index is 0.0324. The summed E-state index contributed by atoms with van der Waals surface area (Å²) >= 11 is 0. The van der Waals surface area contributed by atoms with Crippen LogP contribution < -0.4 is 5.73 Å². The lowest BCUT2D eigenvalue weighted by Gasteiger charge is -2.01. The van der Waals surface area contributed by atoms with Gasteiger partial charge in [0.1, 0.15) is 4.91 Å². The molecule has 0 aromatic carbocycles. The number of allylic oxidation sites excluding steroid dienone is 3. The average molecular weight is 189 g/mol. The predicted molar refractivity (Wildman–Crippen MR) is 47.8 cm³/mol. The predicted octanol–water partition coefficient (Wildman–Crippen LogP) is 0.807. The third kappa shape index (κ3) is 2.89. The molecule has 0 saturated carbocycles. The van der Waals surface area contributed by atoms with Crippen molar-refractivity contribution in [1.29, 1.82) is 0 Å². The van der Waals surface area contributed by atoms with E-state index in [1.165, 1.54) is 25.2 Å². The number of rotatable bonds is 3. The molecule has 0 aliphatic rings. The Balaban J connectivity index is 5.12. The van der Waals surface area contributed by atoms with Crippen LogP contribution >= 0.6 is 0 Å². The highest BCUT2D eigenvalue weighted by atomic mass is 32.2. The van der Waals surface area contributed by atoms with Crippen LogP contribution in [-0.4, -0.2) is 13.0 Å². The molecular weight excluding hydrogens is 178 g/mol. The molecule has 12 heavy (non-hydrogen) atoms. The van der Waals surface area contributed by atoms with E-state index in [4.69, 9.17) is 10.3 Å². The zero-order chi connectivity index (χ0) is 9.78. The topological polar surface area (TPSA) is 80.4 Å². The van der Waals surface area contributed by atoms with Crippen LogP contribution in [0.3, 0.4) is 0 Å². The molecule has 0 aromatic heterocycles. The van der Waals surface area contributed by atoms with E-state index in [9.17, 15) is 8.42 Å². The SMILES string of the molecule is C=C/C=C(N)\C(=C/C)S(=O)(=O)O. The summed E-state index contributed by atoms with van der Waals surface area (Å²) in [5, 5.41) is 0. The molecular formula is C7H11NO3S. The van der Waals surface area contributed by atoms with Gasteiger partial charge in [0.05, 0.1) is 5.70 Å². The molecule has 0 unspecified atom stereocenters. The third-order valence-electron chi connectivity index (χ3n) is 1.12. The monoisotopic (exact) mass is 189 g/mol. The van der Waals surface area contributed by atoms with Crippen molar-refractivity contribution in [3.8, 4) is 0 Å². The highest BCUT2D eigenvalue weighted by Gasteiger charge is 2.14. The molecule has 0 radical (unpaired) electrons. The lowest BCUT2D eigenvalue weighted by atomic mass is 10.3. The Morgan fingerprint density at radius 1 is 1.58 bits per heavy atom. The molecule has 3 N–H and O–H groups in total. The standard InChI is InChI=1S/C7H11NO3S/c1-3-5-6(8)7(4-2)12(9,10)11/h3-5H,1,8H2,2H3,(H,9,10,11)/b6-5+,7-4+. The second kappa shape index (κ2) is 4.08. The summed E-state index contributed by atoms with van der Waals surface area (Å²) in [4.78, 5) is -0.303. The van der Waals surface area contributed by atoms with Crippen molar-refractivity contribution in [2.45, 2.75) is 6.92 Å². The lowest BCUT2D eigenvalue weighted by molar-refractivity contribution is 0.491. The first-order valence-corrected chi connectivity index (χ1v) is 4.60. The van der Waals surface area contributed by atoms with Gasteiger partial charge in [0.2, 0.25) is 0 Å². The fourth-order valence-electron chi connectivity index (χ4n) is 0.674. The smallest absolute Gasteiger partial charge is 0.296 e. The number of nitrogens with two attached hydrogens (primary N) is 1. The lowest BCUT2D eigenvalue weighted by Crippen LogP contribution is -2.10. The molecule has 0 heterocycles.